The maximum atomic E-state index is 12.1. The van der Waals surface area contributed by atoms with Crippen LogP contribution in [0.3, 0.4) is 0 Å². The highest BCUT2D eigenvalue weighted by atomic mass is 32.1. The average molecular weight is 301 g/mol. The molecule has 1 aromatic heterocycles. The second-order valence-electron chi connectivity index (χ2n) is 4.93. The van der Waals surface area contributed by atoms with Crippen LogP contribution in [0.1, 0.15) is 21.5 Å². The first-order valence-corrected chi connectivity index (χ1v) is 7.76. The highest BCUT2D eigenvalue weighted by Gasteiger charge is 2.30. The Balaban J connectivity index is 1.58. The first-order valence-electron chi connectivity index (χ1n) is 6.82. The van der Waals surface area contributed by atoms with Gasteiger partial charge in [0.1, 0.15) is 0 Å². The van der Waals surface area contributed by atoms with Crippen molar-refractivity contribution in [3.05, 3.63) is 57.8 Å². The van der Waals surface area contributed by atoms with E-state index in [1.165, 1.54) is 5.56 Å². The van der Waals surface area contributed by atoms with Crippen molar-refractivity contribution < 1.29 is 14.3 Å². The van der Waals surface area contributed by atoms with Gasteiger partial charge in [0.25, 0.3) is 5.91 Å². The number of fused-ring (bicyclic) bond motifs is 1. The van der Waals surface area contributed by atoms with E-state index < -0.39 is 12.1 Å². The molecule has 2 heterocycles. The molecule has 4 nitrogen and oxygen atoms in total. The maximum absolute atomic E-state index is 12.1. The van der Waals surface area contributed by atoms with Crippen LogP contribution < -0.4 is 5.32 Å². The zero-order valence-corrected chi connectivity index (χ0v) is 12.2. The van der Waals surface area contributed by atoms with Gasteiger partial charge in [0.05, 0.1) is 5.56 Å². The van der Waals surface area contributed by atoms with Gasteiger partial charge in [0.2, 0.25) is 0 Å². The summed E-state index contributed by atoms with van der Waals surface area (Å²) in [6, 6.07) is 9.28. The highest BCUT2D eigenvalue weighted by molar-refractivity contribution is 7.07. The molecule has 1 atom stereocenters. The van der Waals surface area contributed by atoms with E-state index in [0.717, 1.165) is 12.0 Å². The Morgan fingerprint density at radius 3 is 3.00 bits per heavy atom. The molecule has 1 aliphatic heterocycles. The summed E-state index contributed by atoms with van der Waals surface area (Å²) in [4.78, 5) is 24.0. The number of hydrogen-bond acceptors (Lipinski definition) is 4. The highest BCUT2D eigenvalue weighted by Crippen LogP contribution is 2.20. The molecule has 1 aromatic carbocycles. The smallest absolute Gasteiger partial charge is 0.339 e. The number of amides is 1. The molecule has 3 rings (SSSR count). The fourth-order valence-electron chi connectivity index (χ4n) is 2.36. The molecule has 2 aromatic rings. The van der Waals surface area contributed by atoms with Crippen molar-refractivity contribution >= 4 is 23.2 Å². The lowest BCUT2D eigenvalue weighted by atomic mass is 9.98. The Morgan fingerprint density at radius 2 is 2.19 bits per heavy atom. The molecule has 1 aliphatic rings. The molecule has 1 amide bonds. The van der Waals surface area contributed by atoms with Gasteiger partial charge in [-0.25, -0.2) is 4.79 Å². The van der Waals surface area contributed by atoms with E-state index in [1.54, 1.807) is 23.5 Å². The molecule has 1 unspecified atom stereocenters. The van der Waals surface area contributed by atoms with E-state index in [-0.39, 0.29) is 5.91 Å². The third-order valence-electron chi connectivity index (χ3n) is 3.48. The molecule has 0 radical (unpaired) electrons. The van der Waals surface area contributed by atoms with E-state index >= 15 is 0 Å². The van der Waals surface area contributed by atoms with Crippen molar-refractivity contribution in [2.75, 3.05) is 6.54 Å². The fourth-order valence-corrected chi connectivity index (χ4v) is 3.06. The lowest BCUT2D eigenvalue weighted by Crippen LogP contribution is -2.42. The summed E-state index contributed by atoms with van der Waals surface area (Å²) in [6.07, 6.45) is 0.494. The topological polar surface area (TPSA) is 55.4 Å². The van der Waals surface area contributed by atoms with E-state index in [9.17, 15) is 9.59 Å². The van der Waals surface area contributed by atoms with E-state index in [0.29, 0.717) is 18.5 Å². The van der Waals surface area contributed by atoms with Gasteiger partial charge in [-0.1, -0.05) is 18.2 Å². The van der Waals surface area contributed by atoms with Crippen LogP contribution in [-0.4, -0.2) is 24.5 Å². The summed E-state index contributed by atoms with van der Waals surface area (Å²) >= 11 is 1.64. The van der Waals surface area contributed by atoms with Crippen LogP contribution in [-0.2, 0) is 22.4 Å². The second-order valence-corrected chi connectivity index (χ2v) is 5.71. The van der Waals surface area contributed by atoms with Crippen molar-refractivity contribution in [2.45, 2.75) is 18.9 Å². The van der Waals surface area contributed by atoms with Gasteiger partial charge in [-0.05, 0) is 40.4 Å². The van der Waals surface area contributed by atoms with E-state index in [2.05, 4.69) is 10.7 Å². The first kappa shape index (κ1) is 13.8. The minimum atomic E-state index is -0.727. The monoisotopic (exact) mass is 301 g/mol. The van der Waals surface area contributed by atoms with Crippen molar-refractivity contribution in [1.29, 1.82) is 0 Å². The molecule has 0 saturated heterocycles. The molecular weight excluding hydrogens is 286 g/mol. The molecule has 0 saturated carbocycles. The molecule has 0 fully saturated rings. The van der Waals surface area contributed by atoms with Gasteiger partial charge in [-0.15, -0.1) is 0 Å². The molecular formula is C16H15NO3S. The Kier molecular flexibility index (Phi) is 4.01. The summed E-state index contributed by atoms with van der Waals surface area (Å²) in [7, 11) is 0. The Bertz CT molecular complexity index is 651. The first-order chi connectivity index (χ1) is 10.2. The third-order valence-corrected chi connectivity index (χ3v) is 4.21. The molecule has 108 valence electrons. The largest absolute Gasteiger partial charge is 0.448 e. The van der Waals surface area contributed by atoms with Gasteiger partial charge < -0.3 is 10.1 Å². The molecule has 0 spiro atoms. The number of carbonyl (C=O) groups excluding carboxylic acids is 2. The average Bonchev–Trinajstić information content (AvgIpc) is 3.00. The maximum Gasteiger partial charge on any atom is 0.339 e. The summed E-state index contributed by atoms with van der Waals surface area (Å²) in [5, 5.41) is 6.90. The van der Waals surface area contributed by atoms with Crippen LogP contribution in [0.4, 0.5) is 0 Å². The number of esters is 1. The van der Waals surface area contributed by atoms with Crippen LogP contribution >= 0.6 is 11.3 Å². The van der Waals surface area contributed by atoms with Crippen molar-refractivity contribution in [3.63, 3.8) is 0 Å². The SMILES string of the molecule is O=C1OC(C(=O)NCCc2ccsc2)Cc2ccccc21. The zero-order valence-electron chi connectivity index (χ0n) is 11.4. The molecule has 1 N–H and O–H groups in total. The van der Waals surface area contributed by atoms with Crippen LogP contribution in [0, 0.1) is 0 Å². The van der Waals surface area contributed by atoms with Gasteiger partial charge >= 0.3 is 5.97 Å². The minimum Gasteiger partial charge on any atom is -0.448 e. The van der Waals surface area contributed by atoms with Gasteiger partial charge in [-0.2, -0.15) is 11.3 Å². The Labute approximate surface area is 126 Å². The summed E-state index contributed by atoms with van der Waals surface area (Å²) in [5.74, 6) is -0.650. The standard InChI is InChI=1S/C16H15NO3S/c18-15(17-7-5-11-6-8-21-10-11)14-9-12-3-1-2-4-13(12)16(19)20-14/h1-4,6,8,10,14H,5,7,9H2,(H,17,18). The number of carbonyl (C=O) groups is 2. The lowest BCUT2D eigenvalue weighted by molar-refractivity contribution is -0.130. The molecule has 0 aliphatic carbocycles. The van der Waals surface area contributed by atoms with Crippen LogP contribution in [0.25, 0.3) is 0 Å². The van der Waals surface area contributed by atoms with E-state index in [1.807, 2.05) is 23.6 Å². The predicted octanol–water partition coefficient (Wildman–Crippen LogP) is 2.19. The van der Waals surface area contributed by atoms with Crippen molar-refractivity contribution in [2.24, 2.45) is 0 Å². The minimum absolute atomic E-state index is 0.229. The zero-order chi connectivity index (χ0) is 14.7. The number of thiophene rings is 1. The second kappa shape index (κ2) is 6.10. The number of rotatable bonds is 4. The molecule has 0 bridgehead atoms. The molecule has 21 heavy (non-hydrogen) atoms. The summed E-state index contributed by atoms with van der Waals surface area (Å²) in [6.45, 7) is 0.547. The normalized spacial score (nSPS) is 17.0. The van der Waals surface area contributed by atoms with Crippen molar-refractivity contribution in [1.82, 2.24) is 5.32 Å². The summed E-state index contributed by atoms with van der Waals surface area (Å²) in [5.41, 5.74) is 2.62. The third kappa shape index (κ3) is 3.13. The van der Waals surface area contributed by atoms with Gasteiger partial charge in [-0.3, -0.25) is 4.79 Å². The van der Waals surface area contributed by atoms with Crippen LogP contribution in [0.15, 0.2) is 41.1 Å². The van der Waals surface area contributed by atoms with E-state index in [4.69, 9.17) is 4.74 Å². The predicted molar refractivity (Wildman–Crippen MR) is 80.4 cm³/mol. The Hall–Kier alpha value is -2.14. The number of benzene rings is 1. The number of nitrogens with one attached hydrogen (secondary N) is 1. The fraction of sp³-hybridized carbons (Fsp3) is 0.250. The van der Waals surface area contributed by atoms with Gasteiger partial charge in [0.15, 0.2) is 6.10 Å². The number of ether oxygens (including phenoxy) is 1. The molecule has 5 heteroatoms. The quantitative estimate of drug-likeness (QED) is 0.881. The van der Waals surface area contributed by atoms with Crippen LogP contribution in [0.5, 0.6) is 0 Å². The number of cyclic esters (lactones) is 1. The lowest BCUT2D eigenvalue weighted by Gasteiger charge is -2.23. The van der Waals surface area contributed by atoms with Gasteiger partial charge in [0, 0.05) is 13.0 Å². The van der Waals surface area contributed by atoms with Crippen molar-refractivity contribution in [3.8, 4) is 0 Å². The Morgan fingerprint density at radius 1 is 1.33 bits per heavy atom. The van der Waals surface area contributed by atoms with Crippen LogP contribution in [0.2, 0.25) is 0 Å². The number of hydrogen-bond donors (Lipinski definition) is 1. The summed E-state index contributed by atoms with van der Waals surface area (Å²) < 4.78 is 5.21.